The molecule has 0 fully saturated rings. The van der Waals surface area contributed by atoms with Crippen molar-refractivity contribution < 1.29 is 43.8 Å². The first kappa shape index (κ1) is 25.8. The number of hydrogen-bond donors (Lipinski definition) is 1. The molecule has 0 spiro atoms. The Balaban J connectivity index is -0.000000405. The molecule has 0 unspecified atom stereocenters. The Kier molecular flexibility index (Phi) is 19.9. The van der Waals surface area contributed by atoms with Crippen LogP contribution >= 0.6 is 0 Å². The van der Waals surface area contributed by atoms with Crippen LogP contribution in [-0.2, 0) is 6.54 Å². The van der Waals surface area contributed by atoms with Gasteiger partial charge < -0.3 is 39.3 Å². The van der Waals surface area contributed by atoms with E-state index >= 15 is 0 Å². The molecule has 0 heterocycles. The van der Waals surface area contributed by atoms with E-state index in [-0.39, 0.29) is 34.0 Å². The standard InChI is InChI=1S/C13H20N.C4H11N.2BrH/c1-4-14(5-2,6-3)12-13-10-8-7-9-11-13;1-3-5-4-2;;/h4,7-11H,1,5-6,12H2,2-3H3;5H,3-4H2,1-2H3;2*1H/q+1;;;/p-1. The molecule has 2 N–H and O–H groups in total. The van der Waals surface area contributed by atoms with Crippen LogP contribution in [0, 0.1) is 0 Å². The van der Waals surface area contributed by atoms with Crippen LogP contribution in [0.5, 0.6) is 0 Å². The maximum atomic E-state index is 3.94. The average molecular weight is 424 g/mol. The van der Waals surface area contributed by atoms with Crippen molar-refractivity contribution >= 4 is 0 Å². The van der Waals surface area contributed by atoms with E-state index in [0.717, 1.165) is 24.1 Å². The smallest absolute Gasteiger partial charge is 0.109 e. The molecule has 0 bridgehead atoms. The Morgan fingerprint density at radius 1 is 0.952 bits per heavy atom. The number of rotatable bonds is 7. The lowest BCUT2D eigenvalue weighted by Gasteiger charge is -2.32. The minimum Gasteiger partial charge on any atom is -1.00 e. The molecule has 21 heavy (non-hydrogen) atoms. The number of quaternary nitrogens is 2. The summed E-state index contributed by atoms with van der Waals surface area (Å²) in [6, 6.07) is 10.6. The van der Waals surface area contributed by atoms with E-state index in [4.69, 9.17) is 0 Å². The molecule has 0 saturated carbocycles. The van der Waals surface area contributed by atoms with Gasteiger partial charge in [0.1, 0.15) is 6.54 Å². The van der Waals surface area contributed by atoms with Gasteiger partial charge in [-0.15, -0.1) is 0 Å². The summed E-state index contributed by atoms with van der Waals surface area (Å²) < 4.78 is 0.962. The molecule has 0 amide bonds. The fourth-order valence-corrected chi connectivity index (χ4v) is 2.01. The quantitative estimate of drug-likeness (QED) is 0.444. The zero-order valence-corrected chi connectivity index (χ0v) is 17.2. The third-order valence-electron chi connectivity index (χ3n) is 3.56. The third kappa shape index (κ3) is 11.1. The van der Waals surface area contributed by atoms with Crippen molar-refractivity contribution in [3.8, 4) is 0 Å². The lowest BCUT2D eigenvalue weighted by molar-refractivity contribution is -0.889. The molecule has 4 heteroatoms. The minimum atomic E-state index is 0. The molecular weight excluding hydrogens is 392 g/mol. The zero-order valence-electron chi connectivity index (χ0n) is 14.0. The van der Waals surface area contributed by atoms with E-state index in [2.05, 4.69) is 76.1 Å². The van der Waals surface area contributed by atoms with Gasteiger partial charge in [0.15, 0.2) is 0 Å². The summed E-state index contributed by atoms with van der Waals surface area (Å²) in [6.07, 6.45) is 2.06. The van der Waals surface area contributed by atoms with Crippen molar-refractivity contribution in [3.63, 3.8) is 0 Å². The summed E-state index contributed by atoms with van der Waals surface area (Å²) >= 11 is 0. The van der Waals surface area contributed by atoms with Gasteiger partial charge in [0.25, 0.3) is 0 Å². The Hall–Kier alpha value is -0.160. The van der Waals surface area contributed by atoms with Crippen LogP contribution in [0.1, 0.15) is 33.3 Å². The van der Waals surface area contributed by atoms with E-state index in [0.29, 0.717) is 0 Å². The summed E-state index contributed by atoms with van der Waals surface area (Å²) in [5, 5.41) is 2.25. The fourth-order valence-electron chi connectivity index (χ4n) is 2.01. The first-order chi connectivity index (χ1) is 9.17. The van der Waals surface area contributed by atoms with Crippen molar-refractivity contribution in [1.82, 2.24) is 0 Å². The third-order valence-corrected chi connectivity index (χ3v) is 3.56. The molecule has 2 nitrogen and oxygen atoms in total. The van der Waals surface area contributed by atoms with Crippen LogP contribution in [0.2, 0.25) is 0 Å². The predicted octanol–water partition coefficient (Wildman–Crippen LogP) is -3.22. The van der Waals surface area contributed by atoms with Gasteiger partial charge in [0.05, 0.1) is 32.4 Å². The van der Waals surface area contributed by atoms with Crippen LogP contribution < -0.4 is 39.3 Å². The van der Waals surface area contributed by atoms with Crippen molar-refractivity contribution in [1.29, 1.82) is 0 Å². The van der Waals surface area contributed by atoms with E-state index in [1.54, 1.807) is 0 Å². The Bertz CT molecular complexity index is 323. The van der Waals surface area contributed by atoms with Gasteiger partial charge in [0, 0.05) is 5.56 Å². The van der Waals surface area contributed by atoms with E-state index < -0.39 is 0 Å². The Labute approximate surface area is 152 Å². The molecule has 0 aliphatic heterocycles. The number of benzene rings is 1. The number of nitrogens with two attached hydrogens (primary N) is 1. The molecule has 1 aromatic carbocycles. The molecule has 0 aliphatic rings. The van der Waals surface area contributed by atoms with Crippen molar-refractivity contribution in [2.75, 3.05) is 26.2 Å². The monoisotopic (exact) mass is 422 g/mol. The highest BCUT2D eigenvalue weighted by Gasteiger charge is 2.19. The topological polar surface area (TPSA) is 16.6 Å². The molecule has 0 saturated heterocycles. The molecule has 1 rings (SSSR count). The molecule has 0 aromatic heterocycles. The largest absolute Gasteiger partial charge is 1.00 e. The first-order valence-corrected chi connectivity index (χ1v) is 7.52. The SMILES string of the molecule is C=C[N+](CC)(CC)Cc1ccccc1.CC[NH2+]CC.[Br-].[Br-]. The summed E-state index contributed by atoms with van der Waals surface area (Å²) in [5.74, 6) is 0. The minimum absolute atomic E-state index is 0. The molecule has 0 aliphatic carbocycles. The average Bonchev–Trinajstić information content (AvgIpc) is 2.47. The predicted molar refractivity (Wildman–Crippen MR) is 84.7 cm³/mol. The van der Waals surface area contributed by atoms with Gasteiger partial charge in [0.2, 0.25) is 0 Å². The van der Waals surface area contributed by atoms with Gasteiger partial charge in [-0.25, -0.2) is 0 Å². The number of halogens is 2. The molecule has 1 aromatic rings. The second-order valence-corrected chi connectivity index (χ2v) is 4.78. The molecule has 0 radical (unpaired) electrons. The van der Waals surface area contributed by atoms with Crippen LogP contribution in [0.25, 0.3) is 0 Å². The molecule has 124 valence electrons. The maximum absolute atomic E-state index is 3.94. The Morgan fingerprint density at radius 2 is 1.43 bits per heavy atom. The van der Waals surface area contributed by atoms with E-state index in [9.17, 15) is 0 Å². The molecular formula is C17H32Br2N2. The Morgan fingerprint density at radius 3 is 1.71 bits per heavy atom. The van der Waals surface area contributed by atoms with Crippen LogP contribution in [0.3, 0.4) is 0 Å². The summed E-state index contributed by atoms with van der Waals surface area (Å²) in [7, 11) is 0. The highest BCUT2D eigenvalue weighted by atomic mass is 79.9. The van der Waals surface area contributed by atoms with E-state index in [1.165, 1.54) is 18.7 Å². The fraction of sp³-hybridized carbons (Fsp3) is 0.529. The lowest BCUT2D eigenvalue weighted by atomic mass is 10.2. The second kappa shape index (κ2) is 16.2. The normalized spacial score (nSPS) is 9.52. The van der Waals surface area contributed by atoms with Gasteiger partial charge in [-0.1, -0.05) is 30.3 Å². The van der Waals surface area contributed by atoms with Crippen molar-refractivity contribution in [3.05, 3.63) is 48.7 Å². The van der Waals surface area contributed by atoms with Crippen LogP contribution in [0.15, 0.2) is 43.1 Å². The van der Waals surface area contributed by atoms with Crippen LogP contribution in [-0.4, -0.2) is 30.7 Å². The lowest BCUT2D eigenvalue weighted by Crippen LogP contribution is -3.00. The number of hydrogen-bond acceptors (Lipinski definition) is 0. The molecule has 0 atom stereocenters. The van der Waals surface area contributed by atoms with E-state index in [1.807, 2.05) is 0 Å². The highest BCUT2D eigenvalue weighted by molar-refractivity contribution is 5.13. The van der Waals surface area contributed by atoms with Gasteiger partial charge in [-0.05, 0) is 34.3 Å². The van der Waals surface area contributed by atoms with Crippen LogP contribution in [0.4, 0.5) is 0 Å². The van der Waals surface area contributed by atoms with Crippen molar-refractivity contribution in [2.24, 2.45) is 0 Å². The maximum Gasteiger partial charge on any atom is 0.109 e. The zero-order chi connectivity index (χ0) is 14.6. The second-order valence-electron chi connectivity index (χ2n) is 4.78. The summed E-state index contributed by atoms with van der Waals surface area (Å²) in [5.41, 5.74) is 1.39. The summed E-state index contributed by atoms with van der Waals surface area (Å²) in [4.78, 5) is 0. The number of nitrogens with zero attached hydrogens (tertiary/aromatic N) is 1. The van der Waals surface area contributed by atoms with Gasteiger partial charge >= 0.3 is 0 Å². The summed E-state index contributed by atoms with van der Waals surface area (Å²) in [6.45, 7) is 18.4. The first-order valence-electron chi connectivity index (χ1n) is 7.52. The van der Waals surface area contributed by atoms with Gasteiger partial charge in [-0.3, -0.25) is 4.48 Å². The van der Waals surface area contributed by atoms with Gasteiger partial charge in [-0.2, -0.15) is 0 Å². The van der Waals surface area contributed by atoms with Crippen molar-refractivity contribution in [2.45, 2.75) is 34.2 Å². The highest BCUT2D eigenvalue weighted by Crippen LogP contribution is 2.14.